The number of ether oxygens (including phenoxy) is 1. The molecule has 0 amide bonds. The summed E-state index contributed by atoms with van der Waals surface area (Å²) in [5.41, 5.74) is 2.87. The first-order valence-electron chi connectivity index (χ1n) is 24.3. The molecule has 10 nitrogen and oxygen atoms in total. The zero-order chi connectivity index (χ0) is 47.9. The lowest BCUT2D eigenvalue weighted by Gasteiger charge is -2.37. The second kappa shape index (κ2) is 17.0. The quantitative estimate of drug-likeness (QED) is 0.132. The number of anilines is 3. The largest absolute Gasteiger partial charge is 0.871 e. The predicted molar refractivity (Wildman–Crippen MR) is 264 cm³/mol. The minimum absolute atomic E-state index is 0.101. The molecule has 348 valence electrons. The van der Waals surface area contributed by atoms with Gasteiger partial charge in [-0.1, -0.05) is 103 Å². The van der Waals surface area contributed by atoms with Gasteiger partial charge in [0.1, 0.15) is 5.75 Å². The molecule has 0 spiro atoms. The number of rotatable bonds is 14. The topological polar surface area (TPSA) is 145 Å². The van der Waals surface area contributed by atoms with Crippen LogP contribution in [0.15, 0.2) is 84.3 Å². The highest BCUT2D eigenvalue weighted by molar-refractivity contribution is 6.53. The van der Waals surface area contributed by atoms with E-state index in [2.05, 4.69) is 113 Å². The number of allylic oxidation sites excluding steroid dienone is 4. The van der Waals surface area contributed by atoms with E-state index < -0.39 is 11.3 Å². The molecule has 2 heterocycles. The summed E-state index contributed by atoms with van der Waals surface area (Å²) >= 11 is 0. The second-order valence-corrected chi connectivity index (χ2v) is 20.9. The molecule has 67 heavy (non-hydrogen) atoms. The number of carbonyl (C=O) groups is 2. The van der Waals surface area contributed by atoms with Gasteiger partial charge in [0, 0.05) is 83.9 Å². The monoisotopic (exact) mass is 899 g/mol. The second-order valence-electron chi connectivity index (χ2n) is 20.9. The van der Waals surface area contributed by atoms with E-state index in [1.54, 1.807) is 7.11 Å². The first-order valence-corrected chi connectivity index (χ1v) is 24.3. The molecule has 5 aromatic rings. The Labute approximate surface area is 393 Å². The van der Waals surface area contributed by atoms with Crippen molar-refractivity contribution in [3.63, 3.8) is 0 Å². The zero-order valence-corrected chi connectivity index (χ0v) is 41.0. The van der Waals surface area contributed by atoms with Crippen molar-refractivity contribution in [2.24, 2.45) is 23.7 Å². The molecular weight excluding hydrogens is 835 g/mol. The number of benzene rings is 5. The molecule has 0 bridgehead atoms. The Morgan fingerprint density at radius 3 is 1.58 bits per heavy atom. The lowest BCUT2D eigenvalue weighted by molar-refractivity contribution is -0.589. The molecular formula is C57H65N5O5. The Morgan fingerprint density at radius 2 is 1.07 bits per heavy atom. The smallest absolute Gasteiger partial charge is 0.235 e. The Hall–Kier alpha value is -6.42. The van der Waals surface area contributed by atoms with Crippen LogP contribution in [0.2, 0.25) is 0 Å². The Balaban J connectivity index is 1.29. The number of nitrogens with zero attached hydrogens (tertiary/aromatic N) is 1. The standard InChI is InChI=1S/C57H65N5O5/c1-12-62(13-2)36-20-24-37(42(25-36)67-11)45-52(63)47(53(45)64)39-22-18-35-19-23-40(51-44(35)50(39)60-57(61-51,28-32(7)8)29-33(9)10)48-54(65)46(55(48)66)38-21-17-34-15-14-16-41-43(34)49(38)59-56(58-41,26-30(3)4)27-31(5)6/h14-25,30-33,58,61,63,65H,12-13,26-29H2,1-11H3/b46-38-,47-39-. The molecule has 0 saturated carbocycles. The number of Topliss-reactive ketones (excluding diaryl/α,β-unsaturated/α-hetero) is 2. The fraction of sp³-hybridized carbons (Fsp3) is 0.404. The number of methoxy groups -OCH3 is 1. The Morgan fingerprint density at radius 1 is 0.597 bits per heavy atom. The number of hydrogen-bond donors (Lipinski definition) is 4. The van der Waals surface area contributed by atoms with Gasteiger partial charge >= 0.3 is 0 Å². The first-order chi connectivity index (χ1) is 31.9. The van der Waals surface area contributed by atoms with Crippen molar-refractivity contribution < 1.29 is 34.5 Å². The fourth-order valence-electron chi connectivity index (χ4n) is 11.8. The predicted octanol–water partition coefficient (Wildman–Crippen LogP) is 3.69. The number of hydrogen-bond acceptors (Lipinski definition) is 8. The van der Waals surface area contributed by atoms with E-state index in [1.807, 2.05) is 54.6 Å². The lowest BCUT2D eigenvalue weighted by atomic mass is 9.78. The third kappa shape index (κ3) is 7.57. The van der Waals surface area contributed by atoms with Crippen molar-refractivity contribution in [1.82, 2.24) is 0 Å². The summed E-state index contributed by atoms with van der Waals surface area (Å²) in [6.07, 6.45) is 3.06. The maximum atomic E-state index is 15.0. The molecule has 0 atom stereocenters. The summed E-state index contributed by atoms with van der Waals surface area (Å²) in [7, 11) is 1.56. The van der Waals surface area contributed by atoms with Crippen molar-refractivity contribution in [3.8, 4) is 5.75 Å². The minimum Gasteiger partial charge on any atom is -0.871 e. The van der Waals surface area contributed by atoms with Crippen LogP contribution in [0.1, 0.15) is 106 Å². The van der Waals surface area contributed by atoms with Crippen LogP contribution in [-0.4, -0.2) is 43.1 Å². The lowest BCUT2D eigenvalue weighted by Crippen LogP contribution is -2.96. The van der Waals surface area contributed by atoms with E-state index in [-0.39, 0.29) is 57.2 Å². The summed E-state index contributed by atoms with van der Waals surface area (Å²) in [6.45, 7) is 23.3. The highest BCUT2D eigenvalue weighted by Crippen LogP contribution is 2.43. The van der Waals surface area contributed by atoms with E-state index in [4.69, 9.17) is 4.74 Å². The number of nitrogens with one attached hydrogen (secondary N) is 4. The normalized spacial score (nSPS) is 18.6. The van der Waals surface area contributed by atoms with Crippen LogP contribution in [0.5, 0.6) is 5.75 Å². The van der Waals surface area contributed by atoms with Crippen LogP contribution in [0, 0.1) is 23.7 Å². The van der Waals surface area contributed by atoms with Gasteiger partial charge < -0.3 is 30.5 Å². The average Bonchev–Trinajstić information content (AvgIpc) is 3.26. The highest BCUT2D eigenvalue weighted by Gasteiger charge is 2.44. The van der Waals surface area contributed by atoms with E-state index in [9.17, 15) is 19.8 Å². The maximum absolute atomic E-state index is 15.0. The van der Waals surface area contributed by atoms with Gasteiger partial charge in [-0.2, -0.15) is 0 Å². The van der Waals surface area contributed by atoms with Crippen LogP contribution in [0.25, 0.3) is 43.8 Å². The number of carbonyl (C=O) groups excluding carboxylic acids is 2. The van der Waals surface area contributed by atoms with Crippen LogP contribution in [0.3, 0.4) is 0 Å². The van der Waals surface area contributed by atoms with Crippen molar-refractivity contribution in [1.29, 1.82) is 0 Å². The summed E-state index contributed by atoms with van der Waals surface area (Å²) in [6, 6.07) is 23.3. The molecule has 2 aliphatic carbocycles. The molecule has 0 saturated heterocycles. The molecule has 0 aromatic heterocycles. The molecule has 10 heteroatoms. The third-order valence-electron chi connectivity index (χ3n) is 13.9. The molecule has 0 fully saturated rings. The van der Waals surface area contributed by atoms with Gasteiger partial charge in [0.25, 0.3) is 0 Å². The third-order valence-corrected chi connectivity index (χ3v) is 13.9. The van der Waals surface area contributed by atoms with Gasteiger partial charge in [-0.15, -0.1) is 0 Å². The summed E-state index contributed by atoms with van der Waals surface area (Å²) in [4.78, 5) is 39.4. The van der Waals surface area contributed by atoms with Gasteiger partial charge in [0.2, 0.25) is 22.0 Å². The molecule has 5 aromatic carbocycles. The van der Waals surface area contributed by atoms with Crippen LogP contribution in [-0.2, 0) is 9.59 Å². The highest BCUT2D eigenvalue weighted by atomic mass is 16.5. The molecule has 9 rings (SSSR count). The van der Waals surface area contributed by atoms with Crippen LogP contribution in [0.4, 0.5) is 17.1 Å². The van der Waals surface area contributed by atoms with E-state index in [1.165, 1.54) is 0 Å². The van der Waals surface area contributed by atoms with Crippen molar-refractivity contribution in [2.75, 3.05) is 35.7 Å². The van der Waals surface area contributed by atoms with E-state index in [0.717, 1.165) is 64.2 Å². The summed E-state index contributed by atoms with van der Waals surface area (Å²) < 4.78 is 5.78. The zero-order valence-electron chi connectivity index (χ0n) is 41.0. The SMILES string of the molecule is CCN(CC)c1ccc(C2=C([O-])/C(=c3\ccc4ccc(C5=C([O-])/C(=c6\ccc7cccc8c7c6=[NH+]C(CC(C)C)(CC(C)C)N8)C5=O)c5c4c3=[NH+]C(CC(C)C)(CC(C)C)N5)C2=O)c(OC)c1. The van der Waals surface area contributed by atoms with E-state index in [0.29, 0.717) is 63.0 Å². The molecule has 0 radical (unpaired) electrons. The summed E-state index contributed by atoms with van der Waals surface area (Å²) in [5, 5.41) is 43.3. The molecule has 4 N–H and O–H groups in total. The van der Waals surface area contributed by atoms with Gasteiger partial charge in [-0.05, 0) is 78.6 Å². The van der Waals surface area contributed by atoms with Crippen molar-refractivity contribution in [2.45, 2.75) is 106 Å². The van der Waals surface area contributed by atoms with Crippen LogP contribution >= 0.6 is 0 Å². The molecule has 4 aliphatic rings. The van der Waals surface area contributed by atoms with Gasteiger partial charge in [-0.25, -0.2) is 9.98 Å². The molecule has 2 aliphatic heterocycles. The van der Waals surface area contributed by atoms with Crippen molar-refractivity contribution >= 4 is 72.5 Å². The van der Waals surface area contributed by atoms with Gasteiger partial charge in [-0.3, -0.25) is 9.59 Å². The fourth-order valence-corrected chi connectivity index (χ4v) is 11.8. The average molecular weight is 900 g/mol. The Kier molecular flexibility index (Phi) is 11.6. The van der Waals surface area contributed by atoms with E-state index >= 15 is 0 Å². The minimum atomic E-state index is -0.740. The number of ketones is 2. The van der Waals surface area contributed by atoms with Gasteiger partial charge in [0.15, 0.2) is 11.6 Å². The van der Waals surface area contributed by atoms with Crippen LogP contribution < -0.4 is 61.6 Å². The Bertz CT molecular complexity index is 3220. The molecule has 0 unspecified atom stereocenters. The van der Waals surface area contributed by atoms with Crippen molar-refractivity contribution in [3.05, 3.63) is 117 Å². The van der Waals surface area contributed by atoms with Gasteiger partial charge in [0.05, 0.1) is 39.7 Å². The maximum Gasteiger partial charge on any atom is 0.235 e. The summed E-state index contributed by atoms with van der Waals surface area (Å²) in [5.74, 6) is 0.385. The first kappa shape index (κ1) is 45.7.